The van der Waals surface area contributed by atoms with Gasteiger partial charge in [-0.15, -0.1) is 0 Å². The van der Waals surface area contributed by atoms with Crippen LogP contribution in [-0.2, 0) is 0 Å². The van der Waals surface area contributed by atoms with Crippen LogP contribution in [0.2, 0.25) is 0 Å². The minimum absolute atomic E-state index is 0.819. The van der Waals surface area contributed by atoms with E-state index in [2.05, 4.69) is 113 Å². The van der Waals surface area contributed by atoms with Gasteiger partial charge in [0.15, 0.2) is 0 Å². The number of benzene rings is 4. The fourth-order valence-electron chi connectivity index (χ4n) is 5.31. The maximum atomic E-state index is 4.74. The zero-order chi connectivity index (χ0) is 24.2. The number of hydrogen-bond donors (Lipinski definition) is 0. The molecule has 7 rings (SSSR count). The van der Waals surface area contributed by atoms with Gasteiger partial charge in [-0.3, -0.25) is 9.13 Å². The summed E-state index contributed by atoms with van der Waals surface area (Å²) in [5.74, 6) is 1.65. The van der Waals surface area contributed by atoms with Crippen molar-refractivity contribution in [3.63, 3.8) is 0 Å². The summed E-state index contributed by atoms with van der Waals surface area (Å²) in [6.45, 7) is 7.92. The van der Waals surface area contributed by atoms with Gasteiger partial charge in [0.05, 0.1) is 22.1 Å². The van der Waals surface area contributed by atoms with Gasteiger partial charge in [-0.2, -0.15) is 0 Å². The molecule has 3 heterocycles. The normalized spacial score (nSPS) is 11.6. The standard InChI is InChI=1S/C32H22N4/c1-3-21-13-15-29-25(17-21)26-18-22(4-2)14-16-30(26)36(29)32-19-31(33-20-34-32)35-27-11-7-5-9-23(27)24-10-6-8-12-28(24)35/h3-20H,1-2H2. The van der Waals surface area contributed by atoms with Gasteiger partial charge in [0, 0.05) is 27.6 Å². The lowest BCUT2D eigenvalue weighted by Gasteiger charge is -2.11. The van der Waals surface area contributed by atoms with Gasteiger partial charge >= 0.3 is 0 Å². The van der Waals surface area contributed by atoms with Crippen molar-refractivity contribution in [2.24, 2.45) is 0 Å². The minimum Gasteiger partial charge on any atom is -0.294 e. The molecule has 0 radical (unpaired) electrons. The Balaban J connectivity index is 1.54. The molecule has 170 valence electrons. The summed E-state index contributed by atoms with van der Waals surface area (Å²) in [5, 5.41) is 4.73. The Morgan fingerprint density at radius 2 is 0.944 bits per heavy atom. The smallest absolute Gasteiger partial charge is 0.143 e. The van der Waals surface area contributed by atoms with E-state index in [1.165, 1.54) is 10.8 Å². The van der Waals surface area contributed by atoms with Crippen LogP contribution in [0.3, 0.4) is 0 Å². The second-order valence-electron chi connectivity index (χ2n) is 8.90. The van der Waals surface area contributed by atoms with Crippen molar-refractivity contribution in [3.05, 3.63) is 122 Å². The van der Waals surface area contributed by atoms with Crippen LogP contribution in [0.4, 0.5) is 0 Å². The van der Waals surface area contributed by atoms with E-state index < -0.39 is 0 Å². The van der Waals surface area contributed by atoms with Gasteiger partial charge in [0.25, 0.3) is 0 Å². The molecule has 36 heavy (non-hydrogen) atoms. The Hall–Kier alpha value is -4.96. The van der Waals surface area contributed by atoms with Crippen molar-refractivity contribution in [2.75, 3.05) is 0 Å². The van der Waals surface area contributed by atoms with Crippen LogP contribution in [0.15, 0.2) is 110 Å². The van der Waals surface area contributed by atoms with Crippen molar-refractivity contribution in [1.82, 2.24) is 19.1 Å². The lowest BCUT2D eigenvalue weighted by molar-refractivity contribution is 0.987. The largest absolute Gasteiger partial charge is 0.294 e. The average Bonchev–Trinajstić information content (AvgIpc) is 3.45. The van der Waals surface area contributed by atoms with Crippen molar-refractivity contribution in [3.8, 4) is 11.6 Å². The van der Waals surface area contributed by atoms with E-state index >= 15 is 0 Å². The first-order valence-electron chi connectivity index (χ1n) is 11.9. The Morgan fingerprint density at radius 3 is 1.42 bits per heavy atom. The second-order valence-corrected chi connectivity index (χ2v) is 8.90. The Kier molecular flexibility index (Phi) is 4.42. The quantitative estimate of drug-likeness (QED) is 0.266. The number of fused-ring (bicyclic) bond motifs is 6. The molecule has 0 amide bonds. The SMILES string of the molecule is C=Cc1ccc2c(c1)c1cc(C=C)ccc1n2-c1cc(-n2c3ccccc3c3ccccc32)ncn1. The molecule has 0 bridgehead atoms. The molecule has 0 fully saturated rings. The summed E-state index contributed by atoms with van der Waals surface area (Å²) >= 11 is 0. The Morgan fingerprint density at radius 1 is 0.500 bits per heavy atom. The molecule has 4 nitrogen and oxygen atoms in total. The van der Waals surface area contributed by atoms with E-state index in [9.17, 15) is 0 Å². The van der Waals surface area contributed by atoms with Crippen molar-refractivity contribution < 1.29 is 0 Å². The fraction of sp³-hybridized carbons (Fsp3) is 0. The zero-order valence-electron chi connectivity index (χ0n) is 19.6. The molecule has 0 aliphatic rings. The van der Waals surface area contributed by atoms with Crippen LogP contribution in [0.1, 0.15) is 11.1 Å². The van der Waals surface area contributed by atoms with Gasteiger partial charge in [-0.05, 0) is 47.5 Å². The maximum absolute atomic E-state index is 4.74. The predicted molar refractivity (Wildman–Crippen MR) is 151 cm³/mol. The molecule has 0 atom stereocenters. The minimum atomic E-state index is 0.819. The van der Waals surface area contributed by atoms with E-state index in [0.29, 0.717) is 0 Å². The van der Waals surface area contributed by atoms with Gasteiger partial charge in [-0.25, -0.2) is 9.97 Å². The van der Waals surface area contributed by atoms with Crippen LogP contribution < -0.4 is 0 Å². The van der Waals surface area contributed by atoms with E-state index in [0.717, 1.165) is 55.6 Å². The highest BCUT2D eigenvalue weighted by Crippen LogP contribution is 2.35. The average molecular weight is 463 g/mol. The monoisotopic (exact) mass is 462 g/mol. The van der Waals surface area contributed by atoms with Crippen molar-refractivity contribution in [2.45, 2.75) is 0 Å². The third-order valence-electron chi connectivity index (χ3n) is 6.96. The van der Waals surface area contributed by atoms with Crippen LogP contribution in [-0.4, -0.2) is 19.1 Å². The van der Waals surface area contributed by atoms with Crippen LogP contribution in [0, 0.1) is 0 Å². The third-order valence-corrected chi connectivity index (χ3v) is 6.96. The first-order valence-corrected chi connectivity index (χ1v) is 11.9. The highest BCUT2D eigenvalue weighted by molar-refractivity contribution is 6.11. The molecule has 4 aromatic carbocycles. The lowest BCUT2D eigenvalue weighted by atomic mass is 10.1. The molecule has 0 spiro atoms. The molecule has 7 aromatic rings. The summed E-state index contributed by atoms with van der Waals surface area (Å²) in [6.07, 6.45) is 5.41. The predicted octanol–water partition coefficient (Wildman–Crippen LogP) is 7.96. The topological polar surface area (TPSA) is 35.6 Å². The summed E-state index contributed by atoms with van der Waals surface area (Å²) in [7, 11) is 0. The van der Waals surface area contributed by atoms with Crippen LogP contribution >= 0.6 is 0 Å². The molecule has 0 saturated carbocycles. The fourth-order valence-corrected chi connectivity index (χ4v) is 5.31. The molecular formula is C32H22N4. The van der Waals surface area contributed by atoms with Crippen molar-refractivity contribution in [1.29, 1.82) is 0 Å². The summed E-state index contributed by atoms with van der Waals surface area (Å²) in [4.78, 5) is 9.45. The molecule has 4 heteroatoms. The Bertz CT molecular complexity index is 1870. The summed E-state index contributed by atoms with van der Waals surface area (Å²) < 4.78 is 4.43. The molecule has 0 N–H and O–H groups in total. The van der Waals surface area contributed by atoms with Crippen LogP contribution in [0.5, 0.6) is 0 Å². The molecule has 0 aliphatic carbocycles. The third kappa shape index (κ3) is 2.88. The number of aromatic nitrogens is 4. The molecule has 0 saturated heterocycles. The van der Waals surface area contributed by atoms with E-state index in [1.54, 1.807) is 6.33 Å². The molecular weight excluding hydrogens is 440 g/mol. The molecule has 0 aliphatic heterocycles. The lowest BCUT2D eigenvalue weighted by Crippen LogP contribution is -2.03. The first kappa shape index (κ1) is 20.4. The van der Waals surface area contributed by atoms with E-state index in [4.69, 9.17) is 9.97 Å². The van der Waals surface area contributed by atoms with Gasteiger partial charge in [0.1, 0.15) is 18.0 Å². The second kappa shape index (κ2) is 7.79. The maximum Gasteiger partial charge on any atom is 0.143 e. The van der Waals surface area contributed by atoms with Gasteiger partial charge < -0.3 is 0 Å². The number of hydrogen-bond acceptors (Lipinski definition) is 2. The van der Waals surface area contributed by atoms with Crippen LogP contribution in [0.25, 0.3) is 67.4 Å². The van der Waals surface area contributed by atoms with Gasteiger partial charge in [-0.1, -0.05) is 73.8 Å². The van der Waals surface area contributed by atoms with Crippen molar-refractivity contribution >= 4 is 55.8 Å². The number of para-hydroxylation sites is 2. The highest BCUT2D eigenvalue weighted by Gasteiger charge is 2.17. The Labute approximate surface area is 208 Å². The summed E-state index contributed by atoms with van der Waals surface area (Å²) in [6, 6.07) is 31.8. The van der Waals surface area contributed by atoms with E-state index in [1.807, 2.05) is 12.2 Å². The zero-order valence-corrected chi connectivity index (χ0v) is 19.6. The summed E-state index contributed by atoms with van der Waals surface area (Å²) in [5.41, 5.74) is 6.58. The number of nitrogens with zero attached hydrogens (tertiary/aromatic N) is 4. The van der Waals surface area contributed by atoms with E-state index in [-0.39, 0.29) is 0 Å². The highest BCUT2D eigenvalue weighted by atomic mass is 15.1. The first-order chi connectivity index (χ1) is 17.8. The van der Waals surface area contributed by atoms with Gasteiger partial charge in [0.2, 0.25) is 0 Å². The molecule has 3 aromatic heterocycles. The number of rotatable bonds is 4. The molecule has 0 unspecified atom stereocenters.